The Balaban J connectivity index is 0.000000146. The third-order valence-corrected chi connectivity index (χ3v) is 32.8. The summed E-state index contributed by atoms with van der Waals surface area (Å²) >= 11 is 9.27. The first-order valence-electron chi connectivity index (χ1n) is 48.2. The van der Waals surface area contributed by atoms with Crippen molar-refractivity contribution in [3.05, 3.63) is 534 Å². The van der Waals surface area contributed by atoms with E-state index in [-0.39, 0.29) is 0 Å². The van der Waals surface area contributed by atoms with Gasteiger partial charge in [0.25, 0.3) is 0 Å². The first kappa shape index (κ1) is 86.1. The van der Waals surface area contributed by atoms with E-state index in [4.69, 9.17) is 0 Å². The Bertz CT molecular complexity index is 9230. The quantitative estimate of drug-likeness (QED) is 0.0709. The molecule has 5 heterocycles. The number of nitrogens with zero attached hydrogens (tertiary/aromatic N) is 6. The van der Waals surface area contributed by atoms with Crippen LogP contribution < -0.4 is 29.4 Å². The Hall–Kier alpha value is -17.3. The van der Waals surface area contributed by atoms with Crippen LogP contribution in [-0.4, -0.2) is 0 Å². The van der Waals surface area contributed by atoms with Gasteiger partial charge in [0.1, 0.15) is 0 Å². The lowest BCUT2D eigenvalue weighted by Crippen LogP contribution is -2.12. The maximum Gasteiger partial charge on any atom is 0.0476 e. The fourth-order valence-electron chi connectivity index (χ4n) is 20.5. The topological polar surface area (TPSA) is 19.4 Å². The molecule has 5 aromatic heterocycles. The Kier molecular flexibility index (Phi) is 22.6. The van der Waals surface area contributed by atoms with Crippen LogP contribution in [0.1, 0.15) is 0 Å². The van der Waals surface area contributed by atoms with Gasteiger partial charge < -0.3 is 29.4 Å². The van der Waals surface area contributed by atoms with Crippen molar-refractivity contribution in [2.45, 2.75) is 0 Å². The van der Waals surface area contributed by atoms with E-state index in [2.05, 4.69) is 563 Å². The number of anilines is 18. The molecule has 22 aromatic carbocycles. The Morgan fingerprint density at radius 2 is 0.273 bits per heavy atom. The number of para-hydroxylation sites is 5. The Morgan fingerprint density at radius 1 is 0.0909 bits per heavy atom. The highest BCUT2D eigenvalue weighted by Crippen LogP contribution is 2.52. The van der Waals surface area contributed by atoms with Gasteiger partial charge in [-0.3, -0.25) is 0 Å². The molecular weight excluding hydrogens is 1830 g/mol. The van der Waals surface area contributed by atoms with Crippen molar-refractivity contribution in [1.82, 2.24) is 0 Å². The number of benzene rings is 22. The summed E-state index contributed by atoms with van der Waals surface area (Å²) in [5.41, 5.74) is 27.0. The predicted octanol–water partition coefficient (Wildman–Crippen LogP) is 41.0. The van der Waals surface area contributed by atoms with Crippen LogP contribution in [0.25, 0.3) is 134 Å². The molecule has 0 radical (unpaired) electrons. The van der Waals surface area contributed by atoms with Crippen molar-refractivity contribution in [1.29, 1.82) is 0 Å². The maximum atomic E-state index is 2.43. The van der Waals surface area contributed by atoms with Crippen molar-refractivity contribution in [3.63, 3.8) is 0 Å². The second-order valence-electron chi connectivity index (χ2n) is 35.9. The summed E-state index contributed by atoms with van der Waals surface area (Å²) in [5, 5.41) is 12.7. The van der Waals surface area contributed by atoms with E-state index in [1.165, 1.54) is 134 Å². The molecule has 27 rings (SSSR count). The normalized spacial score (nSPS) is 11.5. The molecule has 0 saturated heterocycles. The van der Waals surface area contributed by atoms with Crippen LogP contribution in [0.4, 0.5) is 102 Å². The summed E-state index contributed by atoms with van der Waals surface area (Å²) in [5.74, 6) is 0. The van der Waals surface area contributed by atoms with Crippen molar-refractivity contribution >= 4 is 260 Å². The molecule has 0 aliphatic rings. The van der Waals surface area contributed by atoms with E-state index in [0.717, 1.165) is 102 Å². The molecule has 0 spiro atoms. The van der Waals surface area contributed by atoms with Gasteiger partial charge in [-0.05, 0) is 288 Å². The summed E-state index contributed by atoms with van der Waals surface area (Å²) in [7, 11) is 0. The second-order valence-corrected chi connectivity index (χ2v) is 41.3. The molecule has 11 heteroatoms. The monoisotopic (exact) mass is 1920 g/mol. The molecule has 0 saturated carbocycles. The molecule has 0 bridgehead atoms. The minimum absolute atomic E-state index is 1.08. The van der Waals surface area contributed by atoms with Gasteiger partial charge in [0, 0.05) is 203 Å². The lowest BCUT2D eigenvalue weighted by atomic mass is 9.97. The molecule has 27 aromatic rings. The maximum absolute atomic E-state index is 2.43. The fraction of sp³-hybridized carbons (Fsp3) is 0. The lowest BCUT2D eigenvalue weighted by Gasteiger charge is -2.29. The molecule has 0 aliphatic carbocycles. The van der Waals surface area contributed by atoms with Crippen LogP contribution in [0.2, 0.25) is 0 Å². The van der Waals surface area contributed by atoms with Gasteiger partial charge in [-0.1, -0.05) is 279 Å². The number of fused-ring (bicyclic) bond motifs is 15. The third-order valence-electron chi connectivity index (χ3n) is 27.2. The summed E-state index contributed by atoms with van der Waals surface area (Å²) < 4.78 is 12.7. The molecule has 0 N–H and O–H groups in total. The first-order chi connectivity index (χ1) is 70.8. The van der Waals surface area contributed by atoms with E-state index in [1.807, 2.05) is 56.7 Å². The zero-order valence-corrected chi connectivity index (χ0v) is 81.6. The van der Waals surface area contributed by atoms with Crippen molar-refractivity contribution < 1.29 is 0 Å². The summed E-state index contributed by atoms with van der Waals surface area (Å²) in [6, 6.07) is 194. The third kappa shape index (κ3) is 16.6. The zero-order valence-electron chi connectivity index (χ0n) is 77.5. The molecule has 0 aliphatic heterocycles. The minimum Gasteiger partial charge on any atom is -0.311 e. The van der Waals surface area contributed by atoms with Gasteiger partial charge in [-0.25, -0.2) is 0 Å². The predicted molar refractivity (Wildman–Crippen MR) is 622 cm³/mol. The van der Waals surface area contributed by atoms with E-state index in [1.54, 1.807) is 0 Å². The molecule has 6 nitrogen and oxygen atoms in total. The van der Waals surface area contributed by atoms with E-state index in [9.17, 15) is 0 Å². The SMILES string of the molecule is c1ccc(-c2cc(-c3ccccc3)cc(N(c3ccccc3)c3ccc4c(c3)sc3cc(N(c5ccc(N(c6ccccc6)c6ccccc6)cc5)c5ccc6sc7ccccc7c6c5)ccc34)c2)cc1.c1ccc(-c2cccc(N(c3ccc(N(c4ccc5c(c4)sc4cc(N(c6ccccc6)c6ccccc6)ccc45)c4ccc5sc6ccccc6c5c4)cc3)c3ccc4c(c3)sc3ccccc34)c2)cc1. The van der Waals surface area contributed by atoms with Crippen LogP contribution in [0, 0.1) is 0 Å². The van der Waals surface area contributed by atoms with Crippen LogP contribution in [0.5, 0.6) is 0 Å². The van der Waals surface area contributed by atoms with Gasteiger partial charge in [0.15, 0.2) is 0 Å². The standard InChI is InChI=1S/C66H43N3S3.C66H45N3S2/c1-4-15-44(16-5-1)45-17-14-22-50(39-45)68(53-32-35-57-55-23-10-12-25-61(55)71-64(57)42-53)48-27-29-49(30-28-48)69(51-34-38-63-60(40-51)56-24-11-13-26-62(56)70-63)54-33-37-59-58-36-31-52(41-65(58)72-66(59)43-54)67(46-18-6-2-7-19-46)47-20-8-3-9-21-47;1-6-18-46(19-7-1)48-40-49(47-20-8-2-9-21-47)42-58(41-48)69(52-26-14-5-15-27-52)57-35-38-61-60-37-34-56(44-65(60)71-66(61)45-57)68(55-36-39-64-62(43-55)59-28-16-17-29-63(59)70-64)54-32-30-53(31-33-54)67(50-22-10-3-11-23-50)51-24-12-4-13-25-51/h1-43H;1-45H. The van der Waals surface area contributed by atoms with Gasteiger partial charge in [-0.15, -0.1) is 56.7 Å². The second kappa shape index (κ2) is 37.5. The number of thiophene rings is 5. The van der Waals surface area contributed by atoms with Crippen LogP contribution in [0.15, 0.2) is 534 Å². The Labute approximate surface area is 849 Å². The molecule has 143 heavy (non-hydrogen) atoms. The summed E-state index contributed by atoms with van der Waals surface area (Å²) in [6.45, 7) is 0. The van der Waals surface area contributed by atoms with E-state index >= 15 is 0 Å². The first-order valence-corrected chi connectivity index (χ1v) is 52.3. The highest BCUT2D eigenvalue weighted by Gasteiger charge is 2.26. The van der Waals surface area contributed by atoms with E-state index < -0.39 is 0 Å². The molecule has 0 atom stereocenters. The minimum atomic E-state index is 1.08. The summed E-state index contributed by atoms with van der Waals surface area (Å²) in [4.78, 5) is 14.3. The lowest BCUT2D eigenvalue weighted by molar-refractivity contribution is 1.26. The zero-order chi connectivity index (χ0) is 94.6. The molecule has 0 fully saturated rings. The largest absolute Gasteiger partial charge is 0.311 e. The van der Waals surface area contributed by atoms with Crippen LogP contribution >= 0.6 is 56.7 Å². The molecule has 0 unspecified atom stereocenters. The van der Waals surface area contributed by atoms with Gasteiger partial charge in [-0.2, -0.15) is 0 Å². The van der Waals surface area contributed by atoms with E-state index in [0.29, 0.717) is 0 Å². The average molecular weight is 1920 g/mol. The Morgan fingerprint density at radius 3 is 0.594 bits per heavy atom. The number of rotatable bonds is 21. The smallest absolute Gasteiger partial charge is 0.0476 e. The van der Waals surface area contributed by atoms with Crippen molar-refractivity contribution in [2.24, 2.45) is 0 Å². The van der Waals surface area contributed by atoms with Crippen LogP contribution in [0.3, 0.4) is 0 Å². The van der Waals surface area contributed by atoms with Gasteiger partial charge in [0.05, 0.1) is 0 Å². The fourth-order valence-corrected chi connectivity index (χ4v) is 26.1. The molecule has 0 amide bonds. The average Bonchev–Trinajstić information content (AvgIpc) is 1.64. The summed E-state index contributed by atoms with van der Waals surface area (Å²) in [6.07, 6.45) is 0. The number of hydrogen-bond acceptors (Lipinski definition) is 11. The van der Waals surface area contributed by atoms with Gasteiger partial charge in [0.2, 0.25) is 0 Å². The highest BCUT2D eigenvalue weighted by molar-refractivity contribution is 7.27. The molecular formula is C132H88N6S5. The van der Waals surface area contributed by atoms with Crippen molar-refractivity contribution in [2.75, 3.05) is 29.4 Å². The number of hydrogen-bond donors (Lipinski definition) is 0. The van der Waals surface area contributed by atoms with Crippen LogP contribution in [-0.2, 0) is 0 Å². The van der Waals surface area contributed by atoms with Crippen molar-refractivity contribution in [3.8, 4) is 33.4 Å². The highest BCUT2D eigenvalue weighted by atomic mass is 32.1. The molecule has 676 valence electrons. The van der Waals surface area contributed by atoms with Gasteiger partial charge >= 0.3 is 0 Å².